The van der Waals surface area contributed by atoms with E-state index in [0.29, 0.717) is 47.4 Å². The van der Waals surface area contributed by atoms with E-state index in [1.54, 1.807) is 31.2 Å². The average Bonchev–Trinajstić information content (AvgIpc) is 3.26. The van der Waals surface area contributed by atoms with Crippen LogP contribution in [0, 0.1) is 11.7 Å². The Hall–Kier alpha value is -2.82. The fraction of sp³-hybridized carbons (Fsp3) is 0.423. The van der Waals surface area contributed by atoms with Gasteiger partial charge in [0.1, 0.15) is 0 Å². The molecule has 0 aliphatic carbocycles. The lowest BCUT2D eigenvalue weighted by Crippen LogP contribution is -2.36. The summed E-state index contributed by atoms with van der Waals surface area (Å²) in [7, 11) is 0. The molecule has 198 valence electrons. The molecular weight excluding hydrogens is 517 g/mol. The van der Waals surface area contributed by atoms with Crippen LogP contribution in [0.15, 0.2) is 47.6 Å². The molecule has 1 aliphatic heterocycles. The Morgan fingerprint density at radius 3 is 2.65 bits per heavy atom. The van der Waals surface area contributed by atoms with E-state index in [9.17, 15) is 9.18 Å². The van der Waals surface area contributed by atoms with Gasteiger partial charge in [-0.05, 0) is 43.2 Å². The molecule has 0 bridgehead atoms. The van der Waals surface area contributed by atoms with Crippen LogP contribution in [0.3, 0.4) is 0 Å². The number of amides is 1. The smallest absolute Gasteiger partial charge is 0.234 e. The van der Waals surface area contributed by atoms with Crippen molar-refractivity contribution in [2.75, 3.05) is 42.3 Å². The first-order valence-corrected chi connectivity index (χ1v) is 13.6. The molecule has 2 heterocycles. The first-order chi connectivity index (χ1) is 17.8. The fourth-order valence-corrected chi connectivity index (χ4v) is 5.06. The maximum absolute atomic E-state index is 14.1. The Balaban J connectivity index is 1.40. The number of thioether (sulfide) groups is 1. The summed E-state index contributed by atoms with van der Waals surface area (Å²) in [5.41, 5.74) is 1.56. The third-order valence-corrected chi connectivity index (χ3v) is 6.98. The molecule has 0 saturated carbocycles. The number of morpholine rings is 1. The molecule has 11 heteroatoms. The lowest BCUT2D eigenvalue weighted by Gasteiger charge is -2.29. The molecule has 1 aliphatic rings. The van der Waals surface area contributed by atoms with Crippen molar-refractivity contribution in [2.24, 2.45) is 5.92 Å². The predicted octanol–water partition coefficient (Wildman–Crippen LogP) is 5.43. The molecule has 1 saturated heterocycles. The zero-order valence-corrected chi connectivity index (χ0v) is 22.7. The van der Waals surface area contributed by atoms with Gasteiger partial charge in [-0.15, -0.1) is 10.2 Å². The van der Waals surface area contributed by atoms with E-state index in [1.807, 2.05) is 16.7 Å². The lowest BCUT2D eigenvalue weighted by molar-refractivity contribution is -0.113. The Labute approximate surface area is 225 Å². The summed E-state index contributed by atoms with van der Waals surface area (Å²) in [6.45, 7) is 9.51. The Bertz CT molecular complexity index is 1220. The second-order valence-corrected chi connectivity index (χ2v) is 10.5. The van der Waals surface area contributed by atoms with Gasteiger partial charge in [0.15, 0.2) is 28.7 Å². The van der Waals surface area contributed by atoms with Gasteiger partial charge in [0.25, 0.3) is 0 Å². The van der Waals surface area contributed by atoms with Gasteiger partial charge >= 0.3 is 0 Å². The van der Waals surface area contributed by atoms with Gasteiger partial charge in [-0.25, -0.2) is 4.39 Å². The van der Waals surface area contributed by atoms with Gasteiger partial charge in [0.2, 0.25) is 5.91 Å². The first-order valence-electron chi connectivity index (χ1n) is 12.2. The second-order valence-electron chi connectivity index (χ2n) is 9.14. The molecule has 0 spiro atoms. The average molecular weight is 548 g/mol. The minimum absolute atomic E-state index is 0.140. The van der Waals surface area contributed by atoms with E-state index in [-0.39, 0.29) is 17.4 Å². The molecule has 1 aromatic heterocycles. The monoisotopic (exact) mass is 547 g/mol. The van der Waals surface area contributed by atoms with E-state index in [2.05, 4.69) is 34.3 Å². The summed E-state index contributed by atoms with van der Waals surface area (Å²) in [5, 5.41) is 12.7. The number of halogens is 2. The highest BCUT2D eigenvalue weighted by atomic mass is 35.5. The van der Waals surface area contributed by atoms with E-state index in [0.717, 1.165) is 18.8 Å². The van der Waals surface area contributed by atoms with Crippen LogP contribution in [0.4, 0.5) is 15.8 Å². The van der Waals surface area contributed by atoms with Crippen molar-refractivity contribution < 1.29 is 18.7 Å². The van der Waals surface area contributed by atoms with Gasteiger partial charge < -0.3 is 24.3 Å². The highest BCUT2D eigenvalue weighted by molar-refractivity contribution is 7.99. The number of anilines is 2. The predicted molar refractivity (Wildman–Crippen MR) is 144 cm³/mol. The van der Waals surface area contributed by atoms with E-state index in [4.69, 9.17) is 21.1 Å². The van der Waals surface area contributed by atoms with Crippen LogP contribution in [0.25, 0.3) is 0 Å². The van der Waals surface area contributed by atoms with Crippen LogP contribution in [-0.4, -0.2) is 52.7 Å². The van der Waals surface area contributed by atoms with Gasteiger partial charge in [0, 0.05) is 25.3 Å². The largest absolute Gasteiger partial charge is 0.480 e. The molecule has 0 radical (unpaired) electrons. The fourth-order valence-electron chi connectivity index (χ4n) is 4.00. The van der Waals surface area contributed by atoms with Crippen LogP contribution in [0.5, 0.6) is 5.75 Å². The SMILES string of the molecule is CC(C)Cn1c(SCC(=O)Nc2ccc(N3CCOCC3)c(Cl)c2)nnc1C(C)Oc1ccccc1F. The molecule has 8 nitrogen and oxygen atoms in total. The van der Waals surface area contributed by atoms with Crippen molar-refractivity contribution in [1.82, 2.24) is 14.8 Å². The highest BCUT2D eigenvalue weighted by Crippen LogP contribution is 2.30. The summed E-state index contributed by atoms with van der Waals surface area (Å²) >= 11 is 7.78. The Morgan fingerprint density at radius 2 is 1.95 bits per heavy atom. The summed E-state index contributed by atoms with van der Waals surface area (Å²) < 4.78 is 27.2. The van der Waals surface area contributed by atoms with Gasteiger partial charge in [-0.1, -0.05) is 49.3 Å². The number of carbonyl (C=O) groups excluding carboxylic acids is 1. The van der Waals surface area contributed by atoms with Crippen LogP contribution in [0.2, 0.25) is 5.02 Å². The standard InChI is InChI=1S/C26H31ClFN5O3S/c1-17(2)15-33-25(18(3)36-23-7-5-4-6-21(23)28)30-31-26(33)37-16-24(34)29-19-8-9-22(20(27)14-19)32-10-12-35-13-11-32/h4-9,14,17-18H,10-13,15-16H2,1-3H3,(H,29,34). The molecule has 37 heavy (non-hydrogen) atoms. The molecular formula is C26H31ClFN5O3S. The summed E-state index contributed by atoms with van der Waals surface area (Å²) in [6, 6.07) is 11.8. The maximum Gasteiger partial charge on any atom is 0.234 e. The molecule has 3 aromatic rings. The number of para-hydroxylation sites is 1. The summed E-state index contributed by atoms with van der Waals surface area (Å²) in [6.07, 6.45) is -0.529. The van der Waals surface area contributed by atoms with Crippen molar-refractivity contribution >= 4 is 40.6 Å². The molecule has 2 aromatic carbocycles. The zero-order chi connectivity index (χ0) is 26.4. The van der Waals surface area contributed by atoms with Gasteiger partial charge in [-0.2, -0.15) is 0 Å². The van der Waals surface area contributed by atoms with Crippen LogP contribution < -0.4 is 15.0 Å². The van der Waals surface area contributed by atoms with Crippen molar-refractivity contribution in [2.45, 2.75) is 38.6 Å². The number of hydrogen-bond donors (Lipinski definition) is 1. The molecule has 1 atom stereocenters. The van der Waals surface area contributed by atoms with Gasteiger partial charge in [-0.3, -0.25) is 4.79 Å². The highest BCUT2D eigenvalue weighted by Gasteiger charge is 2.22. The number of benzene rings is 2. The lowest BCUT2D eigenvalue weighted by atomic mass is 10.2. The quantitative estimate of drug-likeness (QED) is 0.339. The topological polar surface area (TPSA) is 81.5 Å². The third kappa shape index (κ3) is 7.15. The number of rotatable bonds is 10. The summed E-state index contributed by atoms with van der Waals surface area (Å²) in [4.78, 5) is 14.9. The van der Waals surface area contributed by atoms with E-state index in [1.165, 1.54) is 17.8 Å². The number of aromatic nitrogens is 3. The van der Waals surface area contributed by atoms with Crippen molar-refractivity contribution in [1.29, 1.82) is 0 Å². The van der Waals surface area contributed by atoms with Crippen molar-refractivity contribution in [3.63, 3.8) is 0 Å². The Kier molecular flexibility index (Phi) is 9.28. The minimum Gasteiger partial charge on any atom is -0.480 e. The van der Waals surface area contributed by atoms with Crippen LogP contribution >= 0.6 is 23.4 Å². The molecule has 1 fully saturated rings. The Morgan fingerprint density at radius 1 is 1.19 bits per heavy atom. The van der Waals surface area contributed by atoms with Crippen molar-refractivity contribution in [3.8, 4) is 5.75 Å². The number of nitrogens with zero attached hydrogens (tertiary/aromatic N) is 4. The zero-order valence-electron chi connectivity index (χ0n) is 21.1. The maximum atomic E-state index is 14.1. The molecule has 1 unspecified atom stereocenters. The molecule has 4 rings (SSSR count). The van der Waals surface area contributed by atoms with Crippen LogP contribution in [0.1, 0.15) is 32.7 Å². The van der Waals surface area contributed by atoms with E-state index < -0.39 is 11.9 Å². The van der Waals surface area contributed by atoms with E-state index >= 15 is 0 Å². The number of ether oxygens (including phenoxy) is 2. The number of nitrogens with one attached hydrogen (secondary N) is 1. The first kappa shape index (κ1) is 27.2. The number of hydrogen-bond acceptors (Lipinski definition) is 7. The minimum atomic E-state index is -0.529. The number of carbonyl (C=O) groups is 1. The van der Waals surface area contributed by atoms with Gasteiger partial charge in [0.05, 0.1) is 29.7 Å². The normalized spacial score (nSPS) is 14.6. The third-order valence-electron chi connectivity index (χ3n) is 5.71. The van der Waals surface area contributed by atoms with Crippen molar-refractivity contribution in [3.05, 3.63) is 59.1 Å². The van der Waals surface area contributed by atoms with Crippen LogP contribution in [-0.2, 0) is 16.1 Å². The second kappa shape index (κ2) is 12.6. The molecule has 1 N–H and O–H groups in total. The molecule has 1 amide bonds. The summed E-state index contributed by atoms with van der Waals surface area (Å²) in [5.74, 6) is 0.550.